The molecule has 1 N–H and O–H groups in total. The van der Waals surface area contributed by atoms with Gasteiger partial charge in [0.05, 0.1) is 6.04 Å². The fraction of sp³-hybridized carbons (Fsp3) is 0.263. The van der Waals surface area contributed by atoms with E-state index >= 15 is 0 Å². The average Bonchev–Trinajstić information content (AvgIpc) is 2.50. The lowest BCUT2D eigenvalue weighted by Gasteiger charge is -2.35. The smallest absolute Gasteiger partial charge is 0.103 e. The standard InChI is InChI=1S/C19H21NO/c1-13-11-15-9-10-18(19(21)17(15)12-14(13)2)20(3)16-7-5-4-6-8-16/h4-12,18-19,21H,1-3H3/t18-,19-/m0/s1. The predicted octanol–water partition coefficient (Wildman–Crippen LogP) is 3.87. The molecule has 0 unspecified atom stereocenters. The molecule has 0 radical (unpaired) electrons. The number of aliphatic hydroxyl groups excluding tert-OH is 1. The number of benzene rings is 2. The van der Waals surface area contributed by atoms with Crippen LogP contribution in [-0.4, -0.2) is 18.2 Å². The molecule has 0 aliphatic heterocycles. The first-order chi connectivity index (χ1) is 10.1. The number of aryl methyl sites for hydroxylation is 2. The first-order valence-electron chi connectivity index (χ1n) is 7.33. The van der Waals surface area contributed by atoms with Crippen molar-refractivity contribution in [2.24, 2.45) is 0 Å². The molecule has 0 spiro atoms. The normalized spacial score (nSPS) is 20.2. The molecular weight excluding hydrogens is 258 g/mol. The van der Waals surface area contributed by atoms with E-state index in [1.165, 1.54) is 11.1 Å². The highest BCUT2D eigenvalue weighted by Gasteiger charge is 2.28. The van der Waals surface area contributed by atoms with Gasteiger partial charge in [-0.25, -0.2) is 0 Å². The zero-order valence-electron chi connectivity index (χ0n) is 12.7. The van der Waals surface area contributed by atoms with Gasteiger partial charge in [-0.1, -0.05) is 42.5 Å². The number of hydrogen-bond acceptors (Lipinski definition) is 2. The van der Waals surface area contributed by atoms with Crippen molar-refractivity contribution < 1.29 is 5.11 Å². The number of anilines is 1. The largest absolute Gasteiger partial charge is 0.386 e. The molecule has 3 rings (SSSR count). The summed E-state index contributed by atoms with van der Waals surface area (Å²) >= 11 is 0. The molecule has 2 heteroatoms. The van der Waals surface area contributed by atoms with Gasteiger partial charge in [-0.3, -0.25) is 0 Å². The molecule has 2 aromatic rings. The van der Waals surface area contributed by atoms with Gasteiger partial charge in [-0.15, -0.1) is 0 Å². The molecule has 0 aromatic heterocycles. The molecule has 0 fully saturated rings. The van der Waals surface area contributed by atoms with Crippen molar-refractivity contribution in [2.75, 3.05) is 11.9 Å². The van der Waals surface area contributed by atoms with Gasteiger partial charge in [0, 0.05) is 12.7 Å². The number of likely N-dealkylation sites (N-methyl/N-ethyl adjacent to an activating group) is 1. The summed E-state index contributed by atoms with van der Waals surface area (Å²) in [6.07, 6.45) is 3.71. The summed E-state index contributed by atoms with van der Waals surface area (Å²) in [5, 5.41) is 10.8. The number of fused-ring (bicyclic) bond motifs is 1. The monoisotopic (exact) mass is 279 g/mol. The van der Waals surface area contributed by atoms with Crippen LogP contribution < -0.4 is 4.90 Å². The van der Waals surface area contributed by atoms with Gasteiger partial charge in [-0.2, -0.15) is 0 Å². The SMILES string of the molecule is Cc1cc2c(cc1C)[C@H](O)[C@@H](N(C)c1ccccc1)C=C2. The van der Waals surface area contributed by atoms with Crippen LogP contribution in [0.15, 0.2) is 48.5 Å². The minimum absolute atomic E-state index is 0.0398. The van der Waals surface area contributed by atoms with Gasteiger partial charge in [0.2, 0.25) is 0 Å². The van der Waals surface area contributed by atoms with E-state index in [1.807, 2.05) is 25.2 Å². The lowest BCUT2D eigenvalue weighted by Crippen LogP contribution is -2.37. The summed E-state index contributed by atoms with van der Waals surface area (Å²) in [5.74, 6) is 0. The van der Waals surface area contributed by atoms with Crippen LogP contribution in [0.2, 0.25) is 0 Å². The van der Waals surface area contributed by atoms with Gasteiger partial charge in [0.1, 0.15) is 6.10 Å². The molecular formula is C19H21NO. The van der Waals surface area contributed by atoms with Crippen molar-refractivity contribution in [3.63, 3.8) is 0 Å². The van der Waals surface area contributed by atoms with E-state index in [0.29, 0.717) is 0 Å². The van der Waals surface area contributed by atoms with Crippen LogP contribution in [0.1, 0.15) is 28.4 Å². The first kappa shape index (κ1) is 13.9. The third-order valence-electron chi connectivity index (χ3n) is 4.43. The summed E-state index contributed by atoms with van der Waals surface area (Å²) in [5.41, 5.74) is 5.75. The van der Waals surface area contributed by atoms with Gasteiger partial charge < -0.3 is 10.0 Å². The Morgan fingerprint density at radius 3 is 2.38 bits per heavy atom. The fourth-order valence-corrected chi connectivity index (χ4v) is 2.93. The van der Waals surface area contributed by atoms with Crippen LogP contribution >= 0.6 is 0 Å². The Balaban J connectivity index is 1.96. The number of nitrogens with zero attached hydrogens (tertiary/aromatic N) is 1. The molecule has 0 saturated heterocycles. The van der Waals surface area contributed by atoms with E-state index in [2.05, 4.69) is 55.2 Å². The summed E-state index contributed by atoms with van der Waals surface area (Å²) < 4.78 is 0. The van der Waals surface area contributed by atoms with Crippen molar-refractivity contribution in [1.82, 2.24) is 0 Å². The Bertz CT molecular complexity index is 675. The van der Waals surface area contributed by atoms with Crippen LogP contribution in [0, 0.1) is 13.8 Å². The summed E-state index contributed by atoms with van der Waals surface area (Å²) in [6.45, 7) is 4.20. The third-order valence-corrected chi connectivity index (χ3v) is 4.43. The first-order valence-corrected chi connectivity index (χ1v) is 7.33. The molecule has 1 aliphatic rings. The van der Waals surface area contributed by atoms with Crippen LogP contribution in [-0.2, 0) is 0 Å². The van der Waals surface area contributed by atoms with Gasteiger partial charge >= 0.3 is 0 Å². The average molecular weight is 279 g/mol. The number of para-hydroxylation sites is 1. The molecule has 2 atom stereocenters. The number of rotatable bonds is 2. The summed E-state index contributed by atoms with van der Waals surface area (Å²) in [4.78, 5) is 2.12. The van der Waals surface area contributed by atoms with Crippen molar-refractivity contribution >= 4 is 11.8 Å². The lowest BCUT2D eigenvalue weighted by molar-refractivity contribution is 0.159. The molecule has 0 saturated carbocycles. The van der Waals surface area contributed by atoms with Crippen LogP contribution in [0.5, 0.6) is 0 Å². The highest BCUT2D eigenvalue weighted by molar-refractivity contribution is 5.63. The van der Waals surface area contributed by atoms with Crippen molar-refractivity contribution in [2.45, 2.75) is 26.0 Å². The minimum atomic E-state index is -0.505. The quantitative estimate of drug-likeness (QED) is 0.902. The molecule has 2 nitrogen and oxygen atoms in total. The Labute approximate surface area is 126 Å². The summed E-state index contributed by atoms with van der Waals surface area (Å²) in [6, 6.07) is 14.4. The van der Waals surface area contributed by atoms with Crippen molar-refractivity contribution in [1.29, 1.82) is 0 Å². The zero-order chi connectivity index (χ0) is 15.0. The van der Waals surface area contributed by atoms with Gasteiger partial charge in [-0.05, 0) is 48.2 Å². The Hall–Kier alpha value is -2.06. The van der Waals surface area contributed by atoms with Crippen LogP contribution in [0.3, 0.4) is 0 Å². The van der Waals surface area contributed by atoms with Gasteiger partial charge in [0.25, 0.3) is 0 Å². The Kier molecular flexibility index (Phi) is 3.56. The van der Waals surface area contributed by atoms with E-state index < -0.39 is 6.10 Å². The lowest BCUT2D eigenvalue weighted by atomic mass is 9.88. The second kappa shape index (κ2) is 5.38. The molecule has 0 heterocycles. The van der Waals surface area contributed by atoms with E-state index in [-0.39, 0.29) is 6.04 Å². The van der Waals surface area contributed by atoms with Crippen molar-refractivity contribution in [3.8, 4) is 0 Å². The molecule has 21 heavy (non-hydrogen) atoms. The maximum absolute atomic E-state index is 10.8. The molecule has 0 bridgehead atoms. The molecule has 0 amide bonds. The second-order valence-corrected chi connectivity index (χ2v) is 5.81. The van der Waals surface area contributed by atoms with Crippen molar-refractivity contribution in [3.05, 3.63) is 70.8 Å². The zero-order valence-corrected chi connectivity index (χ0v) is 12.7. The van der Waals surface area contributed by atoms with E-state index in [9.17, 15) is 5.11 Å². The minimum Gasteiger partial charge on any atom is -0.386 e. The second-order valence-electron chi connectivity index (χ2n) is 5.81. The van der Waals surface area contributed by atoms with E-state index in [1.54, 1.807) is 0 Å². The van der Waals surface area contributed by atoms with Crippen LogP contribution in [0.25, 0.3) is 6.08 Å². The Morgan fingerprint density at radius 1 is 1.00 bits per heavy atom. The highest BCUT2D eigenvalue weighted by Crippen LogP contribution is 2.33. The number of aliphatic hydroxyl groups is 1. The third kappa shape index (κ3) is 2.47. The maximum atomic E-state index is 10.8. The van der Waals surface area contributed by atoms with E-state index in [0.717, 1.165) is 16.8 Å². The summed E-state index contributed by atoms with van der Waals surface area (Å²) in [7, 11) is 2.03. The Morgan fingerprint density at radius 2 is 1.67 bits per heavy atom. The highest BCUT2D eigenvalue weighted by atomic mass is 16.3. The molecule has 1 aliphatic carbocycles. The fourth-order valence-electron chi connectivity index (χ4n) is 2.93. The maximum Gasteiger partial charge on any atom is 0.103 e. The molecule has 2 aromatic carbocycles. The predicted molar refractivity (Wildman–Crippen MR) is 88.5 cm³/mol. The number of hydrogen-bond donors (Lipinski definition) is 1. The topological polar surface area (TPSA) is 23.5 Å². The van der Waals surface area contributed by atoms with Gasteiger partial charge in [0.15, 0.2) is 0 Å². The van der Waals surface area contributed by atoms with Crippen LogP contribution in [0.4, 0.5) is 5.69 Å². The molecule has 108 valence electrons. The van der Waals surface area contributed by atoms with E-state index in [4.69, 9.17) is 0 Å².